The second-order valence-corrected chi connectivity index (χ2v) is 0.710. The first-order chi connectivity index (χ1) is 3.18. The van der Waals surface area contributed by atoms with Crippen molar-refractivity contribution < 1.29 is 41.3 Å². The third kappa shape index (κ3) is 8.41. The summed E-state index contributed by atoms with van der Waals surface area (Å²) in [5.41, 5.74) is 0. The molecule has 3 N–H and O–H groups in total. The van der Waals surface area contributed by atoms with Gasteiger partial charge in [-0.15, -0.1) is 0 Å². The summed E-state index contributed by atoms with van der Waals surface area (Å²) in [5, 5.41) is 7.63. The zero-order valence-electron chi connectivity index (χ0n) is 4.46. The molecule has 0 saturated carbocycles. The van der Waals surface area contributed by atoms with Gasteiger partial charge < -0.3 is 9.94 Å². The molecule has 0 aliphatic heterocycles. The fourth-order valence-corrected chi connectivity index (χ4v) is 0.0504. The molecule has 0 unspecified atom stereocenters. The van der Waals surface area contributed by atoms with Gasteiger partial charge in [0.25, 0.3) is 0 Å². The number of carboxylic acids is 1. The van der Waals surface area contributed by atoms with Crippen LogP contribution in [0, 0.1) is 0 Å². The van der Waals surface area contributed by atoms with E-state index >= 15 is 0 Å². The predicted octanol–water partition coefficient (Wildman–Crippen LogP) is -2.43. The molecule has 7 heteroatoms. The molecule has 0 heterocycles. The van der Waals surface area contributed by atoms with Gasteiger partial charge in [-0.1, -0.05) is 0 Å². The predicted molar refractivity (Wildman–Crippen MR) is 26.5 cm³/mol. The number of hydrogen-bond donors (Lipinski definition) is 2. The molecule has 0 rings (SSSR count). The zero-order chi connectivity index (χ0) is 5.86. The molecule has 0 atom stereocenters. The second-order valence-electron chi connectivity index (χ2n) is 0.710. The van der Waals surface area contributed by atoms with Crippen LogP contribution in [0.5, 0.6) is 0 Å². The average Bonchev–Trinajstić information content (AvgIpc) is 1.65. The van der Waals surface area contributed by atoms with Crippen molar-refractivity contribution in [2.45, 2.75) is 0 Å². The molecule has 0 saturated heterocycles. The van der Waals surface area contributed by atoms with Crippen LogP contribution in [0.3, 0.4) is 0 Å². The molecule has 0 aliphatic carbocycles. The SMILES string of the molecule is NOC(=O)C(=O)O.[SnH2].[Ti]. The van der Waals surface area contributed by atoms with E-state index in [4.69, 9.17) is 5.11 Å². The van der Waals surface area contributed by atoms with Crippen LogP contribution in [0.2, 0.25) is 0 Å². The van der Waals surface area contributed by atoms with Gasteiger partial charge in [-0.05, 0) is 0 Å². The van der Waals surface area contributed by atoms with Crippen LogP contribution < -0.4 is 5.90 Å². The second kappa shape index (κ2) is 8.41. The zero-order valence-corrected chi connectivity index (χ0v) is 10.1. The van der Waals surface area contributed by atoms with E-state index in [1.165, 1.54) is 0 Å². The minimum absolute atomic E-state index is 0. The largest absolute Gasteiger partial charge is 0 e. The fraction of sp³-hybridized carbons (Fsp3) is 0. The van der Waals surface area contributed by atoms with Crippen LogP contribution in [0.15, 0.2) is 0 Å². The summed E-state index contributed by atoms with van der Waals surface area (Å²) in [6, 6.07) is 0. The van der Waals surface area contributed by atoms with E-state index in [1.807, 2.05) is 0 Å². The molecule has 0 fully saturated rings. The van der Waals surface area contributed by atoms with Crippen molar-refractivity contribution in [2.75, 3.05) is 0 Å². The van der Waals surface area contributed by atoms with Crippen LogP contribution in [-0.4, -0.2) is 41.0 Å². The third-order valence-corrected chi connectivity index (χ3v) is 0.282. The Morgan fingerprint density at radius 2 is 1.78 bits per heavy atom. The molecule has 0 aromatic carbocycles. The average molecular weight is 274 g/mol. The van der Waals surface area contributed by atoms with Gasteiger partial charge in [-0.25, -0.2) is 9.59 Å². The summed E-state index contributed by atoms with van der Waals surface area (Å²) in [6.07, 6.45) is 0. The smallest absolute Gasteiger partial charge is 0 e. The minimum Gasteiger partial charge on any atom is 0 e. The number of aliphatic carboxylic acids is 1. The Morgan fingerprint density at radius 3 is 1.78 bits per heavy atom. The quantitative estimate of drug-likeness (QED) is 0.291. The minimum atomic E-state index is -1.69. The van der Waals surface area contributed by atoms with Gasteiger partial charge in [0.1, 0.15) is 0 Å². The normalized spacial score (nSPS) is 5.89. The van der Waals surface area contributed by atoms with Gasteiger partial charge in [0.15, 0.2) is 0 Å². The Bertz CT molecular complexity index is 107. The van der Waals surface area contributed by atoms with Gasteiger partial charge in [0.2, 0.25) is 0 Å². The van der Waals surface area contributed by atoms with E-state index in [-0.39, 0.29) is 45.6 Å². The van der Waals surface area contributed by atoms with E-state index in [1.54, 1.807) is 0 Å². The number of carbonyl (C=O) groups is 2. The molecule has 50 valence electrons. The first kappa shape index (κ1) is 16.2. The van der Waals surface area contributed by atoms with Gasteiger partial charge in [0, 0.05) is 21.7 Å². The topological polar surface area (TPSA) is 89.6 Å². The summed E-state index contributed by atoms with van der Waals surface area (Å²) in [7, 11) is 0. The maximum Gasteiger partial charge on any atom is 0 e. The summed E-state index contributed by atoms with van der Waals surface area (Å²) in [4.78, 5) is 22.2. The Morgan fingerprint density at radius 1 is 1.44 bits per heavy atom. The van der Waals surface area contributed by atoms with Gasteiger partial charge in [-0.3, -0.25) is 0 Å². The van der Waals surface area contributed by atoms with E-state index in [0.717, 1.165) is 0 Å². The van der Waals surface area contributed by atoms with E-state index in [9.17, 15) is 9.59 Å². The Balaban J connectivity index is -0.000000180. The molecule has 0 aromatic heterocycles. The van der Waals surface area contributed by atoms with Crippen LogP contribution in [-0.2, 0) is 36.1 Å². The summed E-state index contributed by atoms with van der Waals surface area (Å²) < 4.78 is 0. The van der Waals surface area contributed by atoms with Crippen LogP contribution in [0.25, 0.3) is 0 Å². The third-order valence-electron chi connectivity index (χ3n) is 0.282. The maximum absolute atomic E-state index is 9.56. The van der Waals surface area contributed by atoms with Crippen molar-refractivity contribution in [1.82, 2.24) is 0 Å². The molecule has 5 nitrogen and oxygen atoms in total. The summed E-state index contributed by atoms with van der Waals surface area (Å²) in [6.45, 7) is 0. The van der Waals surface area contributed by atoms with Crippen molar-refractivity contribution >= 4 is 35.8 Å². The standard InChI is InChI=1S/C2H3NO4.Sn.Ti.2H/c3-7-2(6)1(4)5;;;;/h3H2,(H,4,5);;;;. The number of carboxylic acid groups (broad SMARTS) is 1. The van der Waals surface area contributed by atoms with Crippen molar-refractivity contribution in [2.24, 2.45) is 5.90 Å². The van der Waals surface area contributed by atoms with Crippen molar-refractivity contribution in [3.63, 3.8) is 0 Å². The molecule has 0 aliphatic rings. The Labute approximate surface area is 82.7 Å². The van der Waals surface area contributed by atoms with Gasteiger partial charge in [-0.2, -0.15) is 5.90 Å². The summed E-state index contributed by atoms with van der Waals surface area (Å²) >= 11 is 0. The van der Waals surface area contributed by atoms with E-state index in [2.05, 4.69) is 10.7 Å². The van der Waals surface area contributed by atoms with E-state index < -0.39 is 11.9 Å². The van der Waals surface area contributed by atoms with Crippen molar-refractivity contribution in [1.29, 1.82) is 0 Å². The van der Waals surface area contributed by atoms with Crippen LogP contribution in [0.4, 0.5) is 0 Å². The monoisotopic (exact) mass is 275 g/mol. The first-order valence-corrected chi connectivity index (χ1v) is 1.32. The number of hydrogen-bond acceptors (Lipinski definition) is 4. The number of nitrogens with two attached hydrogens (primary N) is 1. The maximum atomic E-state index is 9.56. The van der Waals surface area contributed by atoms with Crippen LogP contribution in [0.1, 0.15) is 0 Å². The molecular formula is C2H5NO4SnTi. The van der Waals surface area contributed by atoms with Crippen molar-refractivity contribution in [3.8, 4) is 0 Å². The Hall–Kier alpha value is 0.413. The number of carbonyl (C=O) groups excluding carboxylic acids is 1. The van der Waals surface area contributed by atoms with E-state index in [0.29, 0.717) is 0 Å². The molecule has 0 spiro atoms. The van der Waals surface area contributed by atoms with Gasteiger partial charge >= 0.3 is 35.8 Å². The number of rotatable bonds is 0. The molecular weight excluding hydrogens is 269 g/mol. The molecule has 0 aromatic rings. The molecule has 0 amide bonds. The Kier molecular flexibility index (Phi) is 15.1. The van der Waals surface area contributed by atoms with Crippen molar-refractivity contribution in [3.05, 3.63) is 0 Å². The summed E-state index contributed by atoms with van der Waals surface area (Å²) in [5.74, 6) is 0.992. The van der Waals surface area contributed by atoms with Gasteiger partial charge in [0.05, 0.1) is 0 Å². The first-order valence-electron chi connectivity index (χ1n) is 1.32. The molecule has 9 heavy (non-hydrogen) atoms. The fourth-order valence-electron chi connectivity index (χ4n) is 0.0504. The van der Waals surface area contributed by atoms with Crippen LogP contribution >= 0.6 is 0 Å². The molecule has 0 bridgehead atoms. The molecule has 2 radical (unpaired) electrons.